The van der Waals surface area contributed by atoms with E-state index in [2.05, 4.69) is 31.1 Å². The molecule has 3 heteroatoms. The van der Waals surface area contributed by atoms with Crippen molar-refractivity contribution in [3.05, 3.63) is 0 Å². The van der Waals surface area contributed by atoms with Crippen LogP contribution in [0.5, 0.6) is 0 Å². The molecule has 2 aliphatic rings. The topological polar surface area (TPSA) is 24.5 Å². The smallest absolute Gasteiger partial charge is 0.0731 e. The zero-order valence-corrected chi connectivity index (χ0v) is 10.9. The van der Waals surface area contributed by atoms with Gasteiger partial charge in [0.2, 0.25) is 0 Å². The van der Waals surface area contributed by atoms with Gasteiger partial charge in [-0.25, -0.2) is 0 Å². The first-order valence-corrected chi connectivity index (χ1v) is 6.76. The summed E-state index contributed by atoms with van der Waals surface area (Å²) in [5.74, 6) is 0.715. The number of fused-ring (bicyclic) bond motifs is 1. The van der Waals surface area contributed by atoms with E-state index in [0.29, 0.717) is 24.1 Å². The van der Waals surface area contributed by atoms with Gasteiger partial charge in [-0.05, 0) is 32.2 Å². The van der Waals surface area contributed by atoms with Crippen LogP contribution in [0, 0.1) is 5.92 Å². The SMILES string of the molecule is CNCC(C(C)C)N1CCOC2CCCC21. The van der Waals surface area contributed by atoms with Gasteiger partial charge in [0.25, 0.3) is 0 Å². The van der Waals surface area contributed by atoms with Crippen LogP contribution in [-0.4, -0.2) is 49.8 Å². The molecule has 3 atom stereocenters. The Morgan fingerprint density at radius 3 is 2.88 bits per heavy atom. The number of ether oxygens (including phenoxy) is 1. The maximum atomic E-state index is 5.88. The molecule has 0 aromatic rings. The molecule has 0 aromatic carbocycles. The number of likely N-dealkylation sites (N-methyl/N-ethyl adjacent to an activating group) is 1. The Hall–Kier alpha value is -0.120. The third kappa shape index (κ3) is 2.41. The quantitative estimate of drug-likeness (QED) is 0.786. The highest BCUT2D eigenvalue weighted by Crippen LogP contribution is 2.32. The average molecular weight is 226 g/mol. The first-order chi connectivity index (χ1) is 7.74. The molecule has 2 rings (SSSR count). The van der Waals surface area contributed by atoms with Crippen molar-refractivity contribution in [2.75, 3.05) is 26.7 Å². The fraction of sp³-hybridized carbons (Fsp3) is 1.00. The van der Waals surface area contributed by atoms with Crippen LogP contribution in [0.15, 0.2) is 0 Å². The first-order valence-electron chi connectivity index (χ1n) is 6.76. The molecular weight excluding hydrogens is 200 g/mol. The van der Waals surface area contributed by atoms with E-state index in [0.717, 1.165) is 19.7 Å². The van der Waals surface area contributed by atoms with Crippen molar-refractivity contribution < 1.29 is 4.74 Å². The van der Waals surface area contributed by atoms with E-state index < -0.39 is 0 Å². The summed E-state index contributed by atoms with van der Waals surface area (Å²) in [6, 6.07) is 1.36. The number of nitrogens with one attached hydrogen (secondary N) is 1. The minimum atomic E-state index is 0.520. The lowest BCUT2D eigenvalue weighted by atomic mass is 9.98. The van der Waals surface area contributed by atoms with Crippen molar-refractivity contribution in [1.82, 2.24) is 10.2 Å². The summed E-state index contributed by atoms with van der Waals surface area (Å²) in [6.07, 6.45) is 4.46. The van der Waals surface area contributed by atoms with Gasteiger partial charge in [-0.15, -0.1) is 0 Å². The molecule has 1 aliphatic heterocycles. The lowest BCUT2D eigenvalue weighted by molar-refractivity contribution is -0.0776. The Bertz CT molecular complexity index is 220. The molecule has 0 spiro atoms. The van der Waals surface area contributed by atoms with Gasteiger partial charge in [-0.1, -0.05) is 13.8 Å². The molecule has 1 heterocycles. The third-order valence-electron chi connectivity index (χ3n) is 4.13. The monoisotopic (exact) mass is 226 g/mol. The maximum Gasteiger partial charge on any atom is 0.0731 e. The van der Waals surface area contributed by atoms with Crippen molar-refractivity contribution in [3.8, 4) is 0 Å². The van der Waals surface area contributed by atoms with Crippen molar-refractivity contribution in [1.29, 1.82) is 0 Å². The van der Waals surface area contributed by atoms with E-state index in [9.17, 15) is 0 Å². The second-order valence-corrected chi connectivity index (χ2v) is 5.51. The minimum absolute atomic E-state index is 0.520. The lowest BCUT2D eigenvalue weighted by Gasteiger charge is -2.44. The molecule has 1 N–H and O–H groups in total. The van der Waals surface area contributed by atoms with Crippen molar-refractivity contribution in [3.63, 3.8) is 0 Å². The number of rotatable bonds is 4. The molecule has 0 aromatic heterocycles. The van der Waals surface area contributed by atoms with Gasteiger partial charge in [-0.3, -0.25) is 4.90 Å². The fourth-order valence-electron chi connectivity index (χ4n) is 3.31. The van der Waals surface area contributed by atoms with Crippen LogP contribution in [0.2, 0.25) is 0 Å². The molecule has 16 heavy (non-hydrogen) atoms. The Morgan fingerprint density at radius 2 is 2.19 bits per heavy atom. The summed E-state index contributed by atoms with van der Waals surface area (Å²) >= 11 is 0. The molecule has 0 amide bonds. The van der Waals surface area contributed by atoms with Crippen molar-refractivity contribution >= 4 is 0 Å². The highest BCUT2D eigenvalue weighted by atomic mass is 16.5. The average Bonchev–Trinajstić information content (AvgIpc) is 2.73. The largest absolute Gasteiger partial charge is 0.375 e. The van der Waals surface area contributed by atoms with Crippen LogP contribution >= 0.6 is 0 Å². The van der Waals surface area contributed by atoms with Gasteiger partial charge >= 0.3 is 0 Å². The molecule has 0 bridgehead atoms. The Balaban J connectivity index is 2.04. The van der Waals surface area contributed by atoms with Crippen LogP contribution in [0.3, 0.4) is 0 Å². The summed E-state index contributed by atoms with van der Waals surface area (Å²) in [5.41, 5.74) is 0. The zero-order chi connectivity index (χ0) is 11.5. The predicted molar refractivity (Wildman–Crippen MR) is 66.6 cm³/mol. The second kappa shape index (κ2) is 5.48. The number of nitrogens with zero attached hydrogens (tertiary/aromatic N) is 1. The summed E-state index contributed by atoms with van der Waals surface area (Å²) < 4.78 is 5.88. The van der Waals surface area contributed by atoms with E-state index >= 15 is 0 Å². The molecule has 1 aliphatic carbocycles. The predicted octanol–water partition coefficient (Wildman–Crippen LogP) is 1.48. The normalized spacial score (nSPS) is 33.0. The van der Waals surface area contributed by atoms with Gasteiger partial charge in [0.15, 0.2) is 0 Å². The molecule has 1 saturated heterocycles. The first kappa shape index (κ1) is 12.3. The maximum absolute atomic E-state index is 5.88. The van der Waals surface area contributed by atoms with E-state index in [1.54, 1.807) is 0 Å². The van der Waals surface area contributed by atoms with Gasteiger partial charge in [0, 0.05) is 25.2 Å². The van der Waals surface area contributed by atoms with Gasteiger partial charge in [0.1, 0.15) is 0 Å². The van der Waals surface area contributed by atoms with E-state index in [1.165, 1.54) is 19.3 Å². The molecule has 2 fully saturated rings. The van der Waals surface area contributed by atoms with Gasteiger partial charge in [0.05, 0.1) is 12.7 Å². The lowest BCUT2D eigenvalue weighted by Crippen LogP contribution is -2.57. The summed E-state index contributed by atoms with van der Waals surface area (Å²) in [5, 5.41) is 3.34. The molecule has 94 valence electrons. The van der Waals surface area contributed by atoms with Crippen LogP contribution < -0.4 is 5.32 Å². The molecular formula is C13H26N2O. The second-order valence-electron chi connectivity index (χ2n) is 5.51. The Labute approximate surface area is 99.5 Å². The van der Waals surface area contributed by atoms with Crippen LogP contribution in [0.4, 0.5) is 0 Å². The third-order valence-corrected chi connectivity index (χ3v) is 4.13. The Morgan fingerprint density at radius 1 is 1.38 bits per heavy atom. The molecule has 1 saturated carbocycles. The van der Waals surface area contributed by atoms with E-state index in [4.69, 9.17) is 4.74 Å². The summed E-state index contributed by atoms with van der Waals surface area (Å²) in [4.78, 5) is 2.71. The highest BCUT2D eigenvalue weighted by molar-refractivity contribution is 4.93. The number of hydrogen-bond acceptors (Lipinski definition) is 3. The summed E-state index contributed by atoms with van der Waals surface area (Å²) in [6.45, 7) is 7.81. The molecule has 0 radical (unpaired) electrons. The van der Waals surface area contributed by atoms with Crippen LogP contribution in [-0.2, 0) is 4.74 Å². The van der Waals surface area contributed by atoms with Crippen molar-refractivity contribution in [2.24, 2.45) is 5.92 Å². The number of morpholine rings is 1. The van der Waals surface area contributed by atoms with E-state index in [-0.39, 0.29) is 0 Å². The summed E-state index contributed by atoms with van der Waals surface area (Å²) in [7, 11) is 2.06. The highest BCUT2D eigenvalue weighted by Gasteiger charge is 2.39. The van der Waals surface area contributed by atoms with Gasteiger partial charge < -0.3 is 10.1 Å². The van der Waals surface area contributed by atoms with Crippen LogP contribution in [0.25, 0.3) is 0 Å². The van der Waals surface area contributed by atoms with E-state index in [1.807, 2.05) is 0 Å². The van der Waals surface area contributed by atoms with Gasteiger partial charge in [-0.2, -0.15) is 0 Å². The van der Waals surface area contributed by atoms with Crippen LogP contribution in [0.1, 0.15) is 33.1 Å². The standard InChI is InChI=1S/C13H26N2O/c1-10(2)12(9-14-3)15-7-8-16-13-6-4-5-11(13)15/h10-14H,4-9H2,1-3H3. The minimum Gasteiger partial charge on any atom is -0.375 e. The number of hydrogen-bond donors (Lipinski definition) is 1. The fourth-order valence-corrected chi connectivity index (χ4v) is 3.31. The molecule has 3 nitrogen and oxygen atoms in total. The molecule has 3 unspecified atom stereocenters. The van der Waals surface area contributed by atoms with Crippen molar-refractivity contribution in [2.45, 2.75) is 51.3 Å². The Kier molecular flexibility index (Phi) is 4.22. The zero-order valence-electron chi connectivity index (χ0n) is 10.9.